The molecule has 22 heavy (non-hydrogen) atoms. The molecule has 0 bridgehead atoms. The molecule has 0 aliphatic rings. The van der Waals surface area contributed by atoms with Crippen LogP contribution >= 0.6 is 11.8 Å². The van der Waals surface area contributed by atoms with Crippen LogP contribution in [-0.2, 0) is 11.2 Å². The van der Waals surface area contributed by atoms with Crippen molar-refractivity contribution < 1.29 is 13.9 Å². The van der Waals surface area contributed by atoms with Crippen LogP contribution in [0.5, 0.6) is 5.75 Å². The van der Waals surface area contributed by atoms with Crippen LogP contribution in [0.25, 0.3) is 0 Å². The Morgan fingerprint density at radius 2 is 2.14 bits per heavy atom. The summed E-state index contributed by atoms with van der Waals surface area (Å²) in [6, 6.07) is 5.67. The topological polar surface area (TPSA) is 72.0 Å². The second-order valence-electron chi connectivity index (χ2n) is 4.54. The van der Waals surface area contributed by atoms with Gasteiger partial charge < -0.3 is 9.72 Å². The predicted molar refractivity (Wildman–Crippen MR) is 81.7 cm³/mol. The van der Waals surface area contributed by atoms with E-state index in [4.69, 9.17) is 4.74 Å². The van der Waals surface area contributed by atoms with Crippen molar-refractivity contribution in [2.45, 2.75) is 24.9 Å². The van der Waals surface area contributed by atoms with Crippen molar-refractivity contribution in [1.82, 2.24) is 9.97 Å². The lowest BCUT2D eigenvalue weighted by Crippen LogP contribution is -2.19. The SMILES string of the molecule is CSc1nc(C)c(CCC(=O)Oc2ccccc2F)c(=O)[nH]1. The summed E-state index contributed by atoms with van der Waals surface area (Å²) in [4.78, 5) is 30.5. The number of aromatic nitrogens is 2. The Morgan fingerprint density at radius 1 is 1.41 bits per heavy atom. The molecular formula is C15H15FN2O3S. The van der Waals surface area contributed by atoms with E-state index in [9.17, 15) is 14.0 Å². The molecule has 116 valence electrons. The van der Waals surface area contributed by atoms with Gasteiger partial charge in [-0.1, -0.05) is 23.9 Å². The Morgan fingerprint density at radius 3 is 2.77 bits per heavy atom. The number of para-hydroxylation sites is 1. The Hall–Kier alpha value is -2.15. The molecule has 5 nitrogen and oxygen atoms in total. The number of nitrogens with zero attached hydrogens (tertiary/aromatic N) is 1. The summed E-state index contributed by atoms with van der Waals surface area (Å²) in [6.45, 7) is 1.71. The van der Waals surface area contributed by atoms with E-state index in [0.717, 1.165) is 0 Å². The van der Waals surface area contributed by atoms with Gasteiger partial charge in [0.2, 0.25) is 0 Å². The van der Waals surface area contributed by atoms with Crippen molar-refractivity contribution in [1.29, 1.82) is 0 Å². The van der Waals surface area contributed by atoms with Gasteiger partial charge in [0.15, 0.2) is 16.7 Å². The van der Waals surface area contributed by atoms with Crippen molar-refractivity contribution >= 4 is 17.7 Å². The normalized spacial score (nSPS) is 10.5. The molecule has 1 N–H and O–H groups in total. The minimum absolute atomic E-state index is 0.0292. The molecule has 2 rings (SSSR count). The molecule has 0 aliphatic heterocycles. The largest absolute Gasteiger partial charge is 0.423 e. The number of halogens is 1. The zero-order valence-corrected chi connectivity index (χ0v) is 13.0. The lowest BCUT2D eigenvalue weighted by Gasteiger charge is -2.07. The van der Waals surface area contributed by atoms with Crippen molar-refractivity contribution in [3.05, 3.63) is 51.7 Å². The van der Waals surface area contributed by atoms with E-state index in [0.29, 0.717) is 16.4 Å². The van der Waals surface area contributed by atoms with E-state index in [1.807, 2.05) is 6.26 Å². The van der Waals surface area contributed by atoms with Crippen LogP contribution < -0.4 is 10.3 Å². The van der Waals surface area contributed by atoms with Crippen LogP contribution in [0.15, 0.2) is 34.2 Å². The number of aryl methyl sites for hydroxylation is 1. The number of esters is 1. The van der Waals surface area contributed by atoms with E-state index in [2.05, 4.69) is 9.97 Å². The minimum atomic E-state index is -0.601. The fraction of sp³-hybridized carbons (Fsp3) is 0.267. The fourth-order valence-corrected chi connectivity index (χ4v) is 2.33. The highest BCUT2D eigenvalue weighted by molar-refractivity contribution is 7.98. The highest BCUT2D eigenvalue weighted by Crippen LogP contribution is 2.16. The molecule has 0 unspecified atom stereocenters. The van der Waals surface area contributed by atoms with Gasteiger partial charge in [0.05, 0.1) is 6.42 Å². The molecular weight excluding hydrogens is 307 g/mol. The van der Waals surface area contributed by atoms with E-state index >= 15 is 0 Å². The molecule has 0 fully saturated rings. The molecule has 2 aromatic rings. The van der Waals surface area contributed by atoms with Gasteiger partial charge in [0.1, 0.15) is 0 Å². The Kier molecular flexibility index (Phi) is 5.32. The standard InChI is InChI=1S/C15H15FN2O3S/c1-9-10(14(20)18-15(17-9)22-2)7-8-13(19)21-12-6-4-3-5-11(12)16/h3-6H,7-8H2,1-2H3,(H,17,18,20). The number of carbonyl (C=O) groups is 1. The first-order valence-corrected chi connectivity index (χ1v) is 7.82. The quantitative estimate of drug-likeness (QED) is 0.396. The van der Waals surface area contributed by atoms with Crippen LogP contribution in [-0.4, -0.2) is 22.2 Å². The first kappa shape index (κ1) is 16.2. The van der Waals surface area contributed by atoms with E-state index < -0.39 is 11.8 Å². The summed E-state index contributed by atoms with van der Waals surface area (Å²) in [6.07, 6.45) is 1.97. The summed E-state index contributed by atoms with van der Waals surface area (Å²) in [7, 11) is 0. The van der Waals surface area contributed by atoms with Crippen LogP contribution in [0.2, 0.25) is 0 Å². The highest BCUT2D eigenvalue weighted by Gasteiger charge is 2.13. The Bertz CT molecular complexity index is 746. The van der Waals surface area contributed by atoms with Gasteiger partial charge in [-0.15, -0.1) is 0 Å². The first-order valence-electron chi connectivity index (χ1n) is 6.60. The second kappa shape index (κ2) is 7.22. The van der Waals surface area contributed by atoms with Crippen LogP contribution in [0.3, 0.4) is 0 Å². The molecule has 0 atom stereocenters. The maximum absolute atomic E-state index is 13.4. The number of hydrogen-bond acceptors (Lipinski definition) is 5. The zero-order chi connectivity index (χ0) is 16.1. The third-order valence-electron chi connectivity index (χ3n) is 3.03. The lowest BCUT2D eigenvalue weighted by molar-refractivity contribution is -0.134. The average Bonchev–Trinajstić information content (AvgIpc) is 2.48. The maximum atomic E-state index is 13.4. The summed E-state index contributed by atoms with van der Waals surface area (Å²) < 4.78 is 18.3. The predicted octanol–water partition coefficient (Wildman–Crippen LogP) is 2.48. The lowest BCUT2D eigenvalue weighted by atomic mass is 10.1. The average molecular weight is 322 g/mol. The molecule has 0 saturated carbocycles. The van der Waals surface area contributed by atoms with E-state index in [1.165, 1.54) is 30.0 Å². The van der Waals surface area contributed by atoms with E-state index in [-0.39, 0.29) is 24.2 Å². The molecule has 0 aliphatic carbocycles. The number of nitrogens with one attached hydrogen (secondary N) is 1. The summed E-state index contributed by atoms with van der Waals surface area (Å²) in [5.41, 5.74) is 0.741. The van der Waals surface area contributed by atoms with Gasteiger partial charge in [0, 0.05) is 11.3 Å². The first-order chi connectivity index (χ1) is 10.5. The highest BCUT2D eigenvalue weighted by atomic mass is 32.2. The number of ether oxygens (including phenoxy) is 1. The van der Waals surface area contributed by atoms with Gasteiger partial charge in [-0.25, -0.2) is 9.37 Å². The molecule has 7 heteroatoms. The Balaban J connectivity index is 2.03. The number of carbonyl (C=O) groups excluding carboxylic acids is 1. The molecule has 1 heterocycles. The molecule has 0 radical (unpaired) electrons. The number of thioether (sulfide) groups is 1. The number of rotatable bonds is 5. The summed E-state index contributed by atoms with van der Waals surface area (Å²) in [5, 5.41) is 0.528. The van der Waals surface area contributed by atoms with Crippen molar-refractivity contribution in [2.75, 3.05) is 6.26 Å². The van der Waals surface area contributed by atoms with E-state index in [1.54, 1.807) is 13.0 Å². The van der Waals surface area contributed by atoms with Crippen LogP contribution in [0, 0.1) is 12.7 Å². The van der Waals surface area contributed by atoms with Crippen molar-refractivity contribution in [2.24, 2.45) is 0 Å². The van der Waals surface area contributed by atoms with Gasteiger partial charge in [-0.2, -0.15) is 0 Å². The molecule has 1 aromatic heterocycles. The van der Waals surface area contributed by atoms with Gasteiger partial charge in [-0.05, 0) is 31.7 Å². The summed E-state index contributed by atoms with van der Waals surface area (Å²) in [5.74, 6) is -1.32. The van der Waals surface area contributed by atoms with Crippen LogP contribution in [0.4, 0.5) is 4.39 Å². The molecule has 1 aromatic carbocycles. The van der Waals surface area contributed by atoms with Crippen molar-refractivity contribution in [3.63, 3.8) is 0 Å². The fourth-order valence-electron chi connectivity index (χ4n) is 1.90. The molecule has 0 saturated heterocycles. The van der Waals surface area contributed by atoms with Crippen molar-refractivity contribution in [3.8, 4) is 5.75 Å². The maximum Gasteiger partial charge on any atom is 0.311 e. The van der Waals surface area contributed by atoms with Crippen LogP contribution in [0.1, 0.15) is 17.7 Å². The zero-order valence-electron chi connectivity index (χ0n) is 12.2. The third kappa shape index (κ3) is 3.94. The smallest absolute Gasteiger partial charge is 0.311 e. The van der Waals surface area contributed by atoms with Gasteiger partial charge in [-0.3, -0.25) is 9.59 Å². The monoisotopic (exact) mass is 322 g/mol. The number of aromatic amines is 1. The second-order valence-corrected chi connectivity index (χ2v) is 5.34. The summed E-state index contributed by atoms with van der Waals surface area (Å²) >= 11 is 1.33. The van der Waals surface area contributed by atoms with Gasteiger partial charge >= 0.3 is 5.97 Å². The number of benzene rings is 1. The third-order valence-corrected chi connectivity index (χ3v) is 3.61. The molecule has 0 spiro atoms. The molecule has 0 amide bonds. The minimum Gasteiger partial charge on any atom is -0.423 e. The number of H-pyrrole nitrogens is 1. The Labute approximate surface area is 130 Å². The number of hydrogen-bond donors (Lipinski definition) is 1. The van der Waals surface area contributed by atoms with Gasteiger partial charge in [0.25, 0.3) is 5.56 Å².